The third kappa shape index (κ3) is 2.57. The molecule has 1 spiro atoms. The first kappa shape index (κ1) is 19.8. The zero-order valence-corrected chi connectivity index (χ0v) is 19.7. The van der Waals surface area contributed by atoms with Gasteiger partial charge >= 0.3 is 35.5 Å². The van der Waals surface area contributed by atoms with Gasteiger partial charge in [-0.15, -0.1) is 0 Å². The third-order valence-electron chi connectivity index (χ3n) is 4.83. The fourth-order valence-electron chi connectivity index (χ4n) is 3.72. The smallest absolute Gasteiger partial charge is 1.00 e. The molecule has 0 amide bonds. The Hall–Kier alpha value is -1.51. The summed E-state index contributed by atoms with van der Waals surface area (Å²) in [7, 11) is 0. The number of halogens is 2. The zero-order chi connectivity index (χ0) is 18.9. The van der Waals surface area contributed by atoms with E-state index in [9.17, 15) is 15.0 Å². The van der Waals surface area contributed by atoms with Crippen LogP contribution in [0.2, 0.25) is 0 Å². The standard InChI is InChI=1S/C20H10Br2O5.Na.H/c21-14-6-5-13-17(18(14)22)19(25)27-20(13)11-3-1-9(23)7-15(11)26-16-8-10(24)2-4-12(16)20;;/h1-8,23-24H;;/q;+1;-1. The molecule has 3 aromatic rings. The van der Waals surface area contributed by atoms with Crippen molar-refractivity contribution in [2.75, 3.05) is 0 Å². The van der Waals surface area contributed by atoms with E-state index < -0.39 is 11.6 Å². The summed E-state index contributed by atoms with van der Waals surface area (Å²) >= 11 is 6.89. The molecule has 2 N–H and O–H groups in total. The van der Waals surface area contributed by atoms with Crippen molar-refractivity contribution in [2.24, 2.45) is 0 Å². The Balaban J connectivity index is 0.00000120. The molecule has 0 radical (unpaired) electrons. The first-order chi connectivity index (χ1) is 12.9. The number of phenols is 2. The van der Waals surface area contributed by atoms with Crippen molar-refractivity contribution >= 4 is 37.8 Å². The molecule has 0 fully saturated rings. The largest absolute Gasteiger partial charge is 1.00 e. The van der Waals surface area contributed by atoms with Crippen LogP contribution in [0.15, 0.2) is 57.5 Å². The fourth-order valence-corrected chi connectivity index (χ4v) is 4.56. The van der Waals surface area contributed by atoms with Crippen molar-refractivity contribution in [1.82, 2.24) is 0 Å². The van der Waals surface area contributed by atoms with Crippen LogP contribution < -0.4 is 34.3 Å². The summed E-state index contributed by atoms with van der Waals surface area (Å²) in [4.78, 5) is 12.9. The van der Waals surface area contributed by atoms with E-state index in [1.807, 2.05) is 12.1 Å². The Kier molecular flexibility index (Phi) is 4.79. The molecule has 2 heterocycles. The van der Waals surface area contributed by atoms with Gasteiger partial charge in [0.05, 0.1) is 5.56 Å². The SMILES string of the molecule is O=C1OC2(c3ccc(O)cc3Oc3cc(O)ccc32)c2ccc(Br)c(Br)c21.[H-].[Na+]. The average molecular weight is 514 g/mol. The number of esters is 1. The van der Waals surface area contributed by atoms with Crippen LogP contribution in [0, 0.1) is 0 Å². The van der Waals surface area contributed by atoms with Gasteiger partial charge in [0.25, 0.3) is 0 Å². The van der Waals surface area contributed by atoms with Gasteiger partial charge in [0.2, 0.25) is 0 Å². The van der Waals surface area contributed by atoms with Gasteiger partial charge in [-0.3, -0.25) is 0 Å². The van der Waals surface area contributed by atoms with Gasteiger partial charge in [0, 0.05) is 37.8 Å². The van der Waals surface area contributed by atoms with Crippen molar-refractivity contribution < 1.29 is 55.5 Å². The molecule has 3 aromatic carbocycles. The Morgan fingerprint density at radius 3 is 1.96 bits per heavy atom. The average Bonchev–Trinajstić information content (AvgIpc) is 2.91. The van der Waals surface area contributed by atoms with E-state index in [0.717, 1.165) is 4.47 Å². The number of hydrogen-bond acceptors (Lipinski definition) is 5. The minimum Gasteiger partial charge on any atom is -1.00 e. The van der Waals surface area contributed by atoms with Crippen molar-refractivity contribution in [3.05, 3.63) is 79.7 Å². The molecular weight excluding hydrogens is 503 g/mol. The number of phenolic OH excluding ortho intramolecular Hbond substituents is 2. The summed E-state index contributed by atoms with van der Waals surface area (Å²) in [5, 5.41) is 19.8. The Labute approximate surface area is 200 Å². The van der Waals surface area contributed by atoms with Crippen LogP contribution >= 0.6 is 31.9 Å². The molecule has 8 heteroatoms. The minimum atomic E-state index is -1.24. The van der Waals surface area contributed by atoms with E-state index >= 15 is 0 Å². The number of aromatic hydroxyl groups is 2. The summed E-state index contributed by atoms with van der Waals surface area (Å²) in [6, 6.07) is 13.0. The number of hydrogen-bond donors (Lipinski definition) is 2. The van der Waals surface area contributed by atoms with E-state index in [0.29, 0.717) is 38.2 Å². The topological polar surface area (TPSA) is 76.0 Å². The molecule has 136 valence electrons. The van der Waals surface area contributed by atoms with Crippen molar-refractivity contribution in [3.63, 3.8) is 0 Å². The monoisotopic (exact) mass is 512 g/mol. The van der Waals surface area contributed by atoms with Crippen LogP contribution in [0.4, 0.5) is 0 Å². The van der Waals surface area contributed by atoms with E-state index in [-0.39, 0.29) is 42.5 Å². The van der Waals surface area contributed by atoms with Gasteiger partial charge in [0.15, 0.2) is 5.60 Å². The first-order valence-corrected chi connectivity index (χ1v) is 9.57. The van der Waals surface area contributed by atoms with Crippen molar-refractivity contribution in [3.8, 4) is 23.0 Å². The van der Waals surface area contributed by atoms with E-state index in [1.165, 1.54) is 24.3 Å². The molecule has 5 rings (SSSR count). The number of ether oxygens (including phenoxy) is 2. The molecule has 0 aliphatic carbocycles. The molecule has 2 aliphatic rings. The second kappa shape index (κ2) is 6.78. The molecule has 0 saturated heterocycles. The predicted molar refractivity (Wildman–Crippen MR) is 105 cm³/mol. The second-order valence-electron chi connectivity index (χ2n) is 6.32. The van der Waals surface area contributed by atoms with Crippen LogP contribution in [0.3, 0.4) is 0 Å². The number of rotatable bonds is 0. The Morgan fingerprint density at radius 2 is 1.39 bits per heavy atom. The van der Waals surface area contributed by atoms with Gasteiger partial charge in [-0.05, 0) is 62.2 Å². The van der Waals surface area contributed by atoms with Crippen molar-refractivity contribution in [2.45, 2.75) is 5.60 Å². The normalized spacial score (nSPS) is 15.0. The molecule has 0 unspecified atom stereocenters. The summed E-state index contributed by atoms with van der Waals surface area (Å²) in [5.41, 5.74) is 1.04. The first-order valence-electron chi connectivity index (χ1n) is 7.98. The van der Waals surface area contributed by atoms with Crippen LogP contribution in [0.5, 0.6) is 23.0 Å². The molecule has 0 atom stereocenters. The summed E-state index contributed by atoms with van der Waals surface area (Å²) in [6.07, 6.45) is 0. The molecule has 0 aromatic heterocycles. The maximum absolute atomic E-state index is 12.9. The summed E-state index contributed by atoms with van der Waals surface area (Å²) < 4.78 is 13.2. The number of carbonyl (C=O) groups excluding carboxylic acids is 1. The van der Waals surface area contributed by atoms with Crippen molar-refractivity contribution in [1.29, 1.82) is 0 Å². The van der Waals surface area contributed by atoms with Gasteiger partial charge < -0.3 is 21.1 Å². The predicted octanol–water partition coefficient (Wildman–Crippen LogP) is 2.31. The van der Waals surface area contributed by atoms with Crippen LogP contribution in [-0.4, -0.2) is 16.2 Å². The van der Waals surface area contributed by atoms with E-state index in [2.05, 4.69) is 31.9 Å². The van der Waals surface area contributed by atoms with Gasteiger partial charge in [-0.25, -0.2) is 4.79 Å². The van der Waals surface area contributed by atoms with Crippen LogP contribution in [-0.2, 0) is 10.3 Å². The molecule has 5 nitrogen and oxygen atoms in total. The summed E-state index contributed by atoms with van der Waals surface area (Å²) in [5.74, 6) is 0.279. The quantitative estimate of drug-likeness (QED) is 0.356. The van der Waals surface area contributed by atoms with E-state index in [1.54, 1.807) is 12.1 Å². The molecule has 0 bridgehead atoms. The Morgan fingerprint density at radius 1 is 0.857 bits per heavy atom. The number of benzene rings is 3. The molecule has 0 saturated carbocycles. The maximum atomic E-state index is 12.9. The minimum absolute atomic E-state index is 0. The molecule has 28 heavy (non-hydrogen) atoms. The molecular formula is C20H11Br2NaO5. The van der Waals surface area contributed by atoms with Gasteiger partial charge in [0.1, 0.15) is 23.0 Å². The van der Waals surface area contributed by atoms with Gasteiger partial charge in [-0.1, -0.05) is 6.07 Å². The van der Waals surface area contributed by atoms with Gasteiger partial charge in [-0.2, -0.15) is 0 Å². The van der Waals surface area contributed by atoms with Crippen LogP contribution in [0.1, 0.15) is 28.5 Å². The number of fused-ring (bicyclic) bond motifs is 6. The Bertz CT molecular complexity index is 1120. The summed E-state index contributed by atoms with van der Waals surface area (Å²) in [6.45, 7) is 0. The maximum Gasteiger partial charge on any atom is 1.00 e. The molecule has 2 aliphatic heterocycles. The second-order valence-corrected chi connectivity index (χ2v) is 7.96. The van der Waals surface area contributed by atoms with E-state index in [4.69, 9.17) is 9.47 Å². The zero-order valence-electron chi connectivity index (χ0n) is 15.5. The number of carbonyl (C=O) groups is 1. The third-order valence-corrected chi connectivity index (χ3v) is 6.85. The fraction of sp³-hybridized carbons (Fsp3) is 0.0500. The van der Waals surface area contributed by atoms with Crippen LogP contribution in [0.25, 0.3) is 0 Å².